The van der Waals surface area contributed by atoms with Crippen LogP contribution in [-0.4, -0.2) is 24.3 Å². The Balaban J connectivity index is 1.92. The first-order valence-electron chi connectivity index (χ1n) is 7.04. The van der Waals surface area contributed by atoms with Gasteiger partial charge in [-0.15, -0.1) is 11.8 Å². The van der Waals surface area contributed by atoms with E-state index in [0.717, 1.165) is 16.0 Å². The van der Waals surface area contributed by atoms with Gasteiger partial charge in [-0.25, -0.2) is 5.43 Å². The highest BCUT2D eigenvalue weighted by molar-refractivity contribution is 7.98. The molecule has 0 atom stereocenters. The van der Waals surface area contributed by atoms with Gasteiger partial charge in [0.1, 0.15) is 0 Å². The molecule has 0 aliphatic carbocycles. The van der Waals surface area contributed by atoms with Crippen LogP contribution < -0.4 is 10.7 Å². The van der Waals surface area contributed by atoms with Crippen LogP contribution in [0.25, 0.3) is 0 Å². The molecule has 0 radical (unpaired) electrons. The van der Waals surface area contributed by atoms with Gasteiger partial charge in [-0.1, -0.05) is 29.8 Å². The first kappa shape index (κ1) is 18.0. The molecule has 7 heteroatoms. The lowest BCUT2D eigenvalue weighted by Gasteiger charge is -2.07. The molecule has 2 N–H and O–H groups in total. The van der Waals surface area contributed by atoms with Gasteiger partial charge in [0, 0.05) is 15.6 Å². The smallest absolute Gasteiger partial charge is 0.317 e. The van der Waals surface area contributed by atoms with Gasteiger partial charge in [0.25, 0.3) is 0 Å². The summed E-state index contributed by atoms with van der Waals surface area (Å²) in [6.45, 7) is 1.81. The normalized spacial score (nSPS) is 10.6. The summed E-state index contributed by atoms with van der Waals surface area (Å²) in [6.07, 6.45) is 3.46. The number of halogens is 1. The van der Waals surface area contributed by atoms with Crippen LogP contribution in [0.1, 0.15) is 11.1 Å². The van der Waals surface area contributed by atoms with Crippen LogP contribution >= 0.6 is 23.4 Å². The molecule has 24 heavy (non-hydrogen) atoms. The van der Waals surface area contributed by atoms with Crippen LogP contribution in [0.4, 0.5) is 5.69 Å². The number of rotatable bonds is 4. The highest BCUT2D eigenvalue weighted by atomic mass is 35.5. The molecule has 0 aliphatic rings. The second kappa shape index (κ2) is 8.52. The largest absolute Gasteiger partial charge is 0.329 e. The SMILES string of the molecule is CSc1ccc(/C=N\NC(=O)C(=O)Nc2cc(Cl)ccc2C)cc1. The molecule has 124 valence electrons. The number of hydrogen-bond acceptors (Lipinski definition) is 4. The Morgan fingerprint density at radius 3 is 2.50 bits per heavy atom. The van der Waals surface area contributed by atoms with Crippen molar-refractivity contribution in [2.45, 2.75) is 11.8 Å². The molecule has 2 aromatic carbocycles. The quantitative estimate of drug-likeness (QED) is 0.379. The van der Waals surface area contributed by atoms with Crippen molar-refractivity contribution in [1.82, 2.24) is 5.43 Å². The van der Waals surface area contributed by atoms with Crippen molar-refractivity contribution in [3.8, 4) is 0 Å². The summed E-state index contributed by atoms with van der Waals surface area (Å²) in [5.74, 6) is -1.67. The first-order valence-corrected chi connectivity index (χ1v) is 8.64. The van der Waals surface area contributed by atoms with E-state index in [0.29, 0.717) is 10.7 Å². The molecular formula is C17H16ClN3O2S. The minimum absolute atomic E-state index is 0.475. The predicted molar refractivity (Wildman–Crippen MR) is 98.8 cm³/mol. The van der Waals surface area contributed by atoms with Crippen LogP contribution in [0, 0.1) is 6.92 Å². The summed E-state index contributed by atoms with van der Waals surface area (Å²) in [6, 6.07) is 12.7. The number of nitrogens with one attached hydrogen (secondary N) is 2. The molecule has 0 spiro atoms. The van der Waals surface area contributed by atoms with E-state index in [4.69, 9.17) is 11.6 Å². The number of aryl methyl sites for hydroxylation is 1. The van der Waals surface area contributed by atoms with Crippen LogP contribution in [-0.2, 0) is 9.59 Å². The van der Waals surface area contributed by atoms with E-state index in [1.54, 1.807) is 36.9 Å². The average molecular weight is 362 g/mol. The first-order chi connectivity index (χ1) is 11.5. The van der Waals surface area contributed by atoms with E-state index in [2.05, 4.69) is 15.8 Å². The van der Waals surface area contributed by atoms with Gasteiger partial charge in [0.15, 0.2) is 0 Å². The number of anilines is 1. The van der Waals surface area contributed by atoms with Crippen molar-refractivity contribution in [1.29, 1.82) is 0 Å². The summed E-state index contributed by atoms with van der Waals surface area (Å²) >= 11 is 7.51. The van der Waals surface area contributed by atoms with E-state index < -0.39 is 11.8 Å². The minimum atomic E-state index is -0.855. The topological polar surface area (TPSA) is 70.6 Å². The van der Waals surface area contributed by atoms with E-state index in [1.165, 1.54) is 6.21 Å². The maximum absolute atomic E-state index is 11.9. The van der Waals surface area contributed by atoms with Gasteiger partial charge < -0.3 is 5.32 Å². The molecule has 0 fully saturated rings. The number of amides is 2. The lowest BCUT2D eigenvalue weighted by atomic mass is 10.2. The van der Waals surface area contributed by atoms with E-state index in [-0.39, 0.29) is 0 Å². The summed E-state index contributed by atoms with van der Waals surface area (Å²) in [4.78, 5) is 24.8. The number of carbonyl (C=O) groups is 2. The number of hydrogen-bond donors (Lipinski definition) is 2. The van der Waals surface area contributed by atoms with Crippen molar-refractivity contribution in [2.75, 3.05) is 11.6 Å². The van der Waals surface area contributed by atoms with E-state index >= 15 is 0 Å². The molecule has 0 saturated heterocycles. The third-order valence-corrected chi connectivity index (χ3v) is 4.13. The Bertz CT molecular complexity index is 776. The van der Waals surface area contributed by atoms with Crippen LogP contribution in [0.15, 0.2) is 52.5 Å². The molecule has 0 aromatic heterocycles. The zero-order valence-electron chi connectivity index (χ0n) is 13.2. The molecule has 0 bridgehead atoms. The van der Waals surface area contributed by atoms with Crippen molar-refractivity contribution < 1.29 is 9.59 Å². The third-order valence-electron chi connectivity index (χ3n) is 3.15. The lowest BCUT2D eigenvalue weighted by Crippen LogP contribution is -2.32. The van der Waals surface area contributed by atoms with E-state index in [1.807, 2.05) is 30.5 Å². The Morgan fingerprint density at radius 1 is 1.12 bits per heavy atom. The average Bonchev–Trinajstić information content (AvgIpc) is 2.58. The fourth-order valence-electron chi connectivity index (χ4n) is 1.81. The Hall–Kier alpha value is -2.31. The van der Waals surface area contributed by atoms with Gasteiger partial charge in [0.05, 0.1) is 6.21 Å². The van der Waals surface area contributed by atoms with Gasteiger partial charge in [-0.3, -0.25) is 9.59 Å². The number of carbonyl (C=O) groups excluding carboxylic acids is 2. The van der Waals surface area contributed by atoms with Crippen LogP contribution in [0.3, 0.4) is 0 Å². The molecule has 2 rings (SSSR count). The molecule has 5 nitrogen and oxygen atoms in total. The summed E-state index contributed by atoms with van der Waals surface area (Å²) in [5, 5.41) is 6.76. The zero-order chi connectivity index (χ0) is 17.5. The Morgan fingerprint density at radius 2 is 1.83 bits per heavy atom. The fourth-order valence-corrected chi connectivity index (χ4v) is 2.39. The zero-order valence-corrected chi connectivity index (χ0v) is 14.7. The van der Waals surface area contributed by atoms with Crippen molar-refractivity contribution >= 4 is 47.1 Å². The maximum Gasteiger partial charge on any atom is 0.329 e. The lowest BCUT2D eigenvalue weighted by molar-refractivity contribution is -0.136. The van der Waals surface area contributed by atoms with Gasteiger partial charge in [0.2, 0.25) is 0 Å². The molecular weight excluding hydrogens is 346 g/mol. The van der Waals surface area contributed by atoms with Gasteiger partial charge in [-0.2, -0.15) is 5.10 Å². The Labute approximate surface area is 149 Å². The second-order valence-corrected chi connectivity index (χ2v) is 6.20. The molecule has 2 amide bonds. The highest BCUT2D eigenvalue weighted by Crippen LogP contribution is 2.20. The molecule has 2 aromatic rings. The van der Waals surface area contributed by atoms with Gasteiger partial charge >= 0.3 is 11.8 Å². The van der Waals surface area contributed by atoms with Crippen molar-refractivity contribution in [3.63, 3.8) is 0 Å². The van der Waals surface area contributed by atoms with Gasteiger partial charge in [-0.05, 0) is 48.6 Å². The maximum atomic E-state index is 11.9. The van der Waals surface area contributed by atoms with Crippen molar-refractivity contribution in [2.24, 2.45) is 5.10 Å². The highest BCUT2D eigenvalue weighted by Gasteiger charge is 2.14. The second-order valence-electron chi connectivity index (χ2n) is 4.89. The van der Waals surface area contributed by atoms with Crippen LogP contribution in [0.5, 0.6) is 0 Å². The summed E-state index contributed by atoms with van der Waals surface area (Å²) in [5.41, 5.74) is 4.30. The summed E-state index contributed by atoms with van der Waals surface area (Å²) in [7, 11) is 0. The third kappa shape index (κ3) is 5.11. The monoisotopic (exact) mass is 361 g/mol. The summed E-state index contributed by atoms with van der Waals surface area (Å²) < 4.78 is 0. The van der Waals surface area contributed by atoms with Crippen molar-refractivity contribution in [3.05, 3.63) is 58.6 Å². The molecule has 0 heterocycles. The standard InChI is InChI=1S/C17H16ClN3O2S/c1-11-3-6-13(18)9-15(11)20-16(22)17(23)21-19-10-12-4-7-14(24-2)8-5-12/h3-10H,1-2H3,(H,20,22)(H,21,23)/b19-10-. The number of thioether (sulfide) groups is 1. The molecule has 0 saturated carbocycles. The van der Waals surface area contributed by atoms with E-state index in [9.17, 15) is 9.59 Å². The number of benzene rings is 2. The molecule has 0 aliphatic heterocycles. The predicted octanol–water partition coefficient (Wildman–Crippen LogP) is 3.46. The number of nitrogens with zero attached hydrogens (tertiary/aromatic N) is 1. The van der Waals surface area contributed by atoms with Crippen LogP contribution in [0.2, 0.25) is 5.02 Å². The molecule has 0 unspecified atom stereocenters. The minimum Gasteiger partial charge on any atom is -0.317 e. The number of hydrazone groups is 1. The Kier molecular flexibility index (Phi) is 6.40. The fraction of sp³-hybridized carbons (Fsp3) is 0.118.